The van der Waals surface area contributed by atoms with Gasteiger partial charge in [-0.05, 0) is 20.0 Å². The Morgan fingerprint density at radius 2 is 2.12 bits per heavy atom. The van der Waals surface area contributed by atoms with Crippen LogP contribution in [0, 0.1) is 5.41 Å². The van der Waals surface area contributed by atoms with Gasteiger partial charge in [-0.3, -0.25) is 0 Å². The van der Waals surface area contributed by atoms with Crippen molar-refractivity contribution in [3.8, 4) is 0 Å². The van der Waals surface area contributed by atoms with Gasteiger partial charge in [0.15, 0.2) is 0 Å². The van der Waals surface area contributed by atoms with Crippen LogP contribution in [-0.2, 0) is 4.74 Å². The molecule has 0 radical (unpaired) electrons. The van der Waals surface area contributed by atoms with Crippen LogP contribution in [0.2, 0.25) is 0 Å². The van der Waals surface area contributed by atoms with Crippen LogP contribution in [0.5, 0.6) is 0 Å². The highest BCUT2D eigenvalue weighted by Gasteiger charge is 2.24. The summed E-state index contributed by atoms with van der Waals surface area (Å²) in [6, 6.07) is 0. The minimum atomic E-state index is -0.489. The molecule has 0 aromatic heterocycles. The van der Waals surface area contributed by atoms with Crippen molar-refractivity contribution in [3.63, 3.8) is 0 Å². The molecule has 0 fully saturated rings. The van der Waals surface area contributed by atoms with E-state index >= 15 is 0 Å². The van der Waals surface area contributed by atoms with Crippen LogP contribution in [0.25, 0.3) is 0 Å². The minimum Gasteiger partial charge on any atom is -0.409 e. The number of hydrogen-bond donors (Lipinski definition) is 3. The third-order valence-corrected chi connectivity index (χ3v) is 2.80. The molecule has 17 heavy (non-hydrogen) atoms. The Labute approximate surface area is 103 Å². The maximum Gasteiger partial charge on any atom is 0.144 e. The van der Waals surface area contributed by atoms with Crippen molar-refractivity contribution < 1.29 is 15.1 Å². The van der Waals surface area contributed by atoms with Crippen LogP contribution in [-0.4, -0.2) is 61.0 Å². The molecule has 0 amide bonds. The van der Waals surface area contributed by atoms with Gasteiger partial charge in [0, 0.05) is 19.1 Å². The molecule has 0 aliphatic heterocycles. The van der Waals surface area contributed by atoms with Crippen LogP contribution < -0.4 is 5.73 Å². The number of oxime groups is 1. The fourth-order valence-electron chi connectivity index (χ4n) is 1.43. The van der Waals surface area contributed by atoms with E-state index < -0.39 is 6.10 Å². The minimum absolute atomic E-state index is 0.225. The molecule has 4 N–H and O–H groups in total. The van der Waals surface area contributed by atoms with Crippen molar-refractivity contribution in [2.24, 2.45) is 16.3 Å². The molecule has 0 aromatic rings. The zero-order chi connectivity index (χ0) is 13.5. The van der Waals surface area contributed by atoms with Crippen LogP contribution in [0.15, 0.2) is 5.16 Å². The van der Waals surface area contributed by atoms with Gasteiger partial charge in [-0.2, -0.15) is 0 Å². The molecule has 1 unspecified atom stereocenters. The number of amidine groups is 1. The average molecular weight is 247 g/mol. The number of rotatable bonds is 8. The summed E-state index contributed by atoms with van der Waals surface area (Å²) in [6.07, 6.45) is 0.260. The Balaban J connectivity index is 4.03. The highest BCUT2D eigenvalue weighted by Crippen LogP contribution is 2.20. The highest BCUT2D eigenvalue weighted by atomic mass is 16.5. The van der Waals surface area contributed by atoms with Crippen molar-refractivity contribution in [2.45, 2.75) is 26.4 Å². The van der Waals surface area contributed by atoms with Gasteiger partial charge in [0.2, 0.25) is 0 Å². The summed E-state index contributed by atoms with van der Waals surface area (Å²) in [5.74, 6) is 0.225. The second kappa shape index (κ2) is 7.47. The van der Waals surface area contributed by atoms with E-state index in [-0.39, 0.29) is 11.3 Å². The number of nitrogens with two attached hydrogens (primary N) is 1. The molecule has 0 bridgehead atoms. The zero-order valence-electron chi connectivity index (χ0n) is 11.2. The third-order valence-electron chi connectivity index (χ3n) is 2.80. The number of nitrogens with zero attached hydrogens (tertiary/aromatic N) is 2. The molecule has 0 saturated heterocycles. The van der Waals surface area contributed by atoms with E-state index in [1.54, 1.807) is 7.11 Å². The summed E-state index contributed by atoms with van der Waals surface area (Å²) in [4.78, 5) is 2.00. The van der Waals surface area contributed by atoms with Gasteiger partial charge in [-0.15, -0.1) is 0 Å². The van der Waals surface area contributed by atoms with Crippen molar-refractivity contribution in [1.29, 1.82) is 0 Å². The van der Waals surface area contributed by atoms with Crippen LogP contribution in [0.3, 0.4) is 0 Å². The van der Waals surface area contributed by atoms with Gasteiger partial charge in [0.25, 0.3) is 0 Å². The van der Waals surface area contributed by atoms with E-state index in [9.17, 15) is 5.11 Å². The molecular formula is C11H25N3O3. The monoisotopic (exact) mass is 247 g/mol. The van der Waals surface area contributed by atoms with Crippen LogP contribution in [0.4, 0.5) is 0 Å². The van der Waals surface area contributed by atoms with Gasteiger partial charge in [0.1, 0.15) is 5.84 Å². The Morgan fingerprint density at radius 3 is 2.59 bits per heavy atom. The maximum atomic E-state index is 9.55. The predicted molar refractivity (Wildman–Crippen MR) is 67.2 cm³/mol. The van der Waals surface area contributed by atoms with Crippen molar-refractivity contribution in [1.82, 2.24) is 4.90 Å². The SMILES string of the molecule is COCC(O)CN(C)CCC(C)(C)C(N)=NO. The van der Waals surface area contributed by atoms with Gasteiger partial charge >= 0.3 is 0 Å². The maximum absolute atomic E-state index is 9.55. The van der Waals surface area contributed by atoms with Crippen molar-refractivity contribution >= 4 is 5.84 Å². The molecule has 0 aliphatic rings. The Morgan fingerprint density at radius 1 is 1.53 bits per heavy atom. The second-order valence-electron chi connectivity index (χ2n) is 4.99. The molecule has 0 spiro atoms. The molecule has 0 heterocycles. The van der Waals surface area contributed by atoms with E-state index in [1.165, 1.54) is 0 Å². The summed E-state index contributed by atoms with van der Waals surface area (Å²) in [5, 5.41) is 21.2. The summed E-state index contributed by atoms with van der Waals surface area (Å²) < 4.78 is 4.86. The first-order valence-electron chi connectivity index (χ1n) is 5.67. The lowest BCUT2D eigenvalue weighted by atomic mass is 9.88. The zero-order valence-corrected chi connectivity index (χ0v) is 11.2. The molecule has 1 atom stereocenters. The standard InChI is InChI=1S/C11H25N3O3/c1-11(2,10(12)13-16)5-6-14(3)7-9(15)8-17-4/h9,15-16H,5-8H2,1-4H3,(H2,12,13). The summed E-state index contributed by atoms with van der Waals surface area (Å²) in [5.41, 5.74) is 5.25. The van der Waals surface area contributed by atoms with Crippen LogP contribution in [0.1, 0.15) is 20.3 Å². The Bertz CT molecular complexity index is 244. The van der Waals surface area contributed by atoms with E-state index in [2.05, 4.69) is 5.16 Å². The Hall–Kier alpha value is -0.850. The number of ether oxygens (including phenoxy) is 1. The summed E-state index contributed by atoms with van der Waals surface area (Å²) in [6.45, 7) is 5.46. The Kier molecular flexibility index (Phi) is 7.10. The van der Waals surface area contributed by atoms with E-state index in [1.807, 2.05) is 25.8 Å². The lowest BCUT2D eigenvalue weighted by Crippen LogP contribution is -2.38. The van der Waals surface area contributed by atoms with Gasteiger partial charge in [-0.25, -0.2) is 0 Å². The van der Waals surface area contributed by atoms with E-state index in [0.29, 0.717) is 13.2 Å². The second-order valence-corrected chi connectivity index (χ2v) is 4.99. The number of hydrogen-bond acceptors (Lipinski definition) is 5. The fraction of sp³-hybridized carbons (Fsp3) is 0.909. The topological polar surface area (TPSA) is 91.3 Å². The smallest absolute Gasteiger partial charge is 0.144 e. The van der Waals surface area contributed by atoms with E-state index in [0.717, 1.165) is 13.0 Å². The third kappa shape index (κ3) is 6.45. The lowest BCUT2D eigenvalue weighted by Gasteiger charge is -2.27. The first kappa shape index (κ1) is 16.1. The number of aliphatic hydroxyl groups excluding tert-OH is 1. The molecule has 102 valence electrons. The largest absolute Gasteiger partial charge is 0.409 e. The normalized spacial score (nSPS) is 15.3. The summed E-state index contributed by atoms with van der Waals surface area (Å²) >= 11 is 0. The van der Waals surface area contributed by atoms with Crippen molar-refractivity contribution in [2.75, 3.05) is 33.9 Å². The number of methoxy groups -OCH3 is 1. The lowest BCUT2D eigenvalue weighted by molar-refractivity contribution is 0.0420. The first-order chi connectivity index (χ1) is 7.83. The van der Waals surface area contributed by atoms with E-state index in [4.69, 9.17) is 15.7 Å². The number of aliphatic hydroxyl groups is 1. The quantitative estimate of drug-likeness (QED) is 0.245. The number of likely N-dealkylation sites (N-methyl/N-ethyl adjacent to an activating group) is 1. The van der Waals surface area contributed by atoms with Crippen LogP contribution >= 0.6 is 0 Å². The predicted octanol–water partition coefficient (Wildman–Crippen LogP) is 0.0882. The molecule has 0 aliphatic carbocycles. The van der Waals surface area contributed by atoms with Crippen molar-refractivity contribution in [3.05, 3.63) is 0 Å². The van der Waals surface area contributed by atoms with Gasteiger partial charge in [-0.1, -0.05) is 19.0 Å². The molecule has 0 aromatic carbocycles. The molecule has 6 heteroatoms. The van der Waals surface area contributed by atoms with Gasteiger partial charge < -0.3 is 25.7 Å². The highest BCUT2D eigenvalue weighted by molar-refractivity contribution is 5.85. The fourth-order valence-corrected chi connectivity index (χ4v) is 1.43. The summed E-state index contributed by atoms with van der Waals surface area (Å²) in [7, 11) is 3.48. The molecular weight excluding hydrogens is 222 g/mol. The molecule has 0 rings (SSSR count). The molecule has 0 saturated carbocycles. The molecule has 6 nitrogen and oxygen atoms in total. The average Bonchev–Trinajstić information content (AvgIpc) is 2.25. The first-order valence-corrected chi connectivity index (χ1v) is 5.67. The van der Waals surface area contributed by atoms with Gasteiger partial charge in [0.05, 0.1) is 12.7 Å².